The van der Waals surface area contributed by atoms with Crippen molar-refractivity contribution in [2.75, 3.05) is 46.4 Å². The zero-order chi connectivity index (χ0) is 14.4. The molecule has 2 aliphatic rings. The average molecular weight is 283 g/mol. The summed E-state index contributed by atoms with van der Waals surface area (Å²) in [6.07, 6.45) is 5.40. The van der Waals surface area contributed by atoms with Gasteiger partial charge < -0.3 is 15.0 Å². The third kappa shape index (κ3) is 4.35. The van der Waals surface area contributed by atoms with E-state index in [1.54, 1.807) is 7.11 Å². The maximum atomic E-state index is 11.9. The minimum Gasteiger partial charge on any atom is -0.383 e. The lowest BCUT2D eigenvalue weighted by molar-refractivity contribution is 0.0826. The van der Waals surface area contributed by atoms with Gasteiger partial charge in [-0.25, -0.2) is 4.79 Å². The van der Waals surface area contributed by atoms with Gasteiger partial charge in [0.25, 0.3) is 0 Å². The summed E-state index contributed by atoms with van der Waals surface area (Å²) in [5, 5.41) is 2.90. The number of ether oxygens (including phenoxy) is 1. The number of carbonyl (C=O) groups is 1. The van der Waals surface area contributed by atoms with Crippen molar-refractivity contribution < 1.29 is 9.53 Å². The van der Waals surface area contributed by atoms with Gasteiger partial charge in [0.05, 0.1) is 6.61 Å². The van der Waals surface area contributed by atoms with Gasteiger partial charge in [-0.05, 0) is 31.6 Å². The Kier molecular flexibility index (Phi) is 6.10. The number of hydrogen-bond acceptors (Lipinski definition) is 3. The van der Waals surface area contributed by atoms with Crippen LogP contribution in [0.2, 0.25) is 0 Å². The molecule has 0 aromatic rings. The minimum absolute atomic E-state index is 0.0546. The minimum atomic E-state index is 0.0546. The molecular weight excluding hydrogens is 254 g/mol. The Balaban J connectivity index is 1.68. The topological polar surface area (TPSA) is 44.8 Å². The van der Waals surface area contributed by atoms with E-state index in [1.807, 2.05) is 4.90 Å². The summed E-state index contributed by atoms with van der Waals surface area (Å²) < 4.78 is 4.94. The number of piperazine rings is 1. The molecule has 1 saturated heterocycles. The van der Waals surface area contributed by atoms with E-state index in [2.05, 4.69) is 17.1 Å². The highest BCUT2D eigenvalue weighted by molar-refractivity contribution is 5.74. The third-order valence-electron chi connectivity index (χ3n) is 4.69. The molecule has 116 valence electrons. The number of amides is 2. The molecule has 5 nitrogen and oxygen atoms in total. The maximum absolute atomic E-state index is 11.9. The number of rotatable bonds is 4. The SMILES string of the molecule is COCCNC(=O)N1CCN(C2CCC(C)CC2)CC1. The van der Waals surface area contributed by atoms with Gasteiger partial charge in [0.1, 0.15) is 0 Å². The van der Waals surface area contributed by atoms with Crippen LogP contribution in [0.15, 0.2) is 0 Å². The van der Waals surface area contributed by atoms with Gasteiger partial charge in [-0.2, -0.15) is 0 Å². The second kappa shape index (κ2) is 7.84. The monoisotopic (exact) mass is 283 g/mol. The summed E-state index contributed by atoms with van der Waals surface area (Å²) in [6.45, 7) is 7.28. The zero-order valence-corrected chi connectivity index (χ0v) is 12.9. The van der Waals surface area contributed by atoms with Crippen molar-refractivity contribution in [3.8, 4) is 0 Å². The first kappa shape index (κ1) is 15.6. The lowest BCUT2D eigenvalue weighted by Gasteiger charge is -2.41. The predicted octanol–water partition coefficient (Wildman–Crippen LogP) is 1.54. The van der Waals surface area contributed by atoms with Gasteiger partial charge in [0.2, 0.25) is 0 Å². The van der Waals surface area contributed by atoms with Crippen LogP contribution in [0.25, 0.3) is 0 Å². The van der Waals surface area contributed by atoms with Crippen LogP contribution in [-0.2, 0) is 4.74 Å². The average Bonchev–Trinajstić information content (AvgIpc) is 2.48. The van der Waals surface area contributed by atoms with Gasteiger partial charge >= 0.3 is 6.03 Å². The number of hydrogen-bond donors (Lipinski definition) is 1. The molecule has 0 radical (unpaired) electrons. The van der Waals surface area contributed by atoms with Crippen molar-refractivity contribution in [2.24, 2.45) is 5.92 Å². The first-order valence-corrected chi connectivity index (χ1v) is 7.96. The molecular formula is C15H29N3O2. The number of methoxy groups -OCH3 is 1. The van der Waals surface area contributed by atoms with Crippen LogP contribution in [0.5, 0.6) is 0 Å². The number of nitrogens with one attached hydrogen (secondary N) is 1. The molecule has 2 amide bonds. The fourth-order valence-electron chi connectivity index (χ4n) is 3.27. The van der Waals surface area contributed by atoms with Crippen molar-refractivity contribution in [2.45, 2.75) is 38.6 Å². The van der Waals surface area contributed by atoms with Crippen molar-refractivity contribution in [1.29, 1.82) is 0 Å². The highest BCUT2D eigenvalue weighted by atomic mass is 16.5. The maximum Gasteiger partial charge on any atom is 0.317 e. The molecule has 0 bridgehead atoms. The molecule has 0 aromatic heterocycles. The van der Waals surface area contributed by atoms with Crippen LogP contribution in [-0.4, -0.2) is 68.3 Å². The first-order valence-electron chi connectivity index (χ1n) is 7.96. The van der Waals surface area contributed by atoms with Crippen molar-refractivity contribution in [1.82, 2.24) is 15.1 Å². The smallest absolute Gasteiger partial charge is 0.317 e. The molecule has 1 heterocycles. The Labute approximate surface area is 122 Å². The fourth-order valence-corrected chi connectivity index (χ4v) is 3.27. The fraction of sp³-hybridized carbons (Fsp3) is 0.933. The van der Waals surface area contributed by atoms with Crippen LogP contribution in [0.1, 0.15) is 32.6 Å². The normalized spacial score (nSPS) is 28.4. The van der Waals surface area contributed by atoms with E-state index in [-0.39, 0.29) is 6.03 Å². The molecule has 1 aliphatic heterocycles. The zero-order valence-electron chi connectivity index (χ0n) is 12.9. The summed E-state index contributed by atoms with van der Waals surface area (Å²) in [6, 6.07) is 0.809. The highest BCUT2D eigenvalue weighted by Crippen LogP contribution is 2.27. The molecule has 1 saturated carbocycles. The van der Waals surface area contributed by atoms with E-state index in [9.17, 15) is 4.79 Å². The lowest BCUT2D eigenvalue weighted by Crippen LogP contribution is -2.54. The summed E-state index contributed by atoms with van der Waals surface area (Å²) in [7, 11) is 1.65. The quantitative estimate of drug-likeness (QED) is 0.796. The van der Waals surface area contributed by atoms with Crippen LogP contribution < -0.4 is 5.32 Å². The molecule has 0 atom stereocenters. The molecule has 1 N–H and O–H groups in total. The highest BCUT2D eigenvalue weighted by Gasteiger charge is 2.28. The standard InChI is InChI=1S/C15H29N3O2/c1-13-3-5-14(6-4-13)17-8-10-18(11-9-17)15(19)16-7-12-20-2/h13-14H,3-12H2,1-2H3,(H,16,19). The van der Waals surface area contributed by atoms with Crippen LogP contribution >= 0.6 is 0 Å². The molecule has 20 heavy (non-hydrogen) atoms. The van der Waals surface area contributed by atoms with E-state index >= 15 is 0 Å². The van der Waals surface area contributed by atoms with Crippen molar-refractivity contribution in [3.05, 3.63) is 0 Å². The van der Waals surface area contributed by atoms with E-state index in [0.29, 0.717) is 13.2 Å². The summed E-state index contributed by atoms with van der Waals surface area (Å²) in [4.78, 5) is 16.5. The van der Waals surface area contributed by atoms with Gasteiger partial charge in [-0.1, -0.05) is 6.92 Å². The Morgan fingerprint density at radius 3 is 2.40 bits per heavy atom. The van der Waals surface area contributed by atoms with Crippen molar-refractivity contribution in [3.63, 3.8) is 0 Å². The van der Waals surface area contributed by atoms with Crippen molar-refractivity contribution >= 4 is 6.03 Å². The summed E-state index contributed by atoms with van der Waals surface area (Å²) in [5.74, 6) is 0.902. The molecule has 2 fully saturated rings. The summed E-state index contributed by atoms with van der Waals surface area (Å²) in [5.41, 5.74) is 0. The molecule has 1 aliphatic carbocycles. The van der Waals surface area contributed by atoms with E-state index in [1.165, 1.54) is 25.7 Å². The second-order valence-electron chi connectivity index (χ2n) is 6.16. The summed E-state index contributed by atoms with van der Waals surface area (Å²) >= 11 is 0. The molecule has 0 unspecified atom stereocenters. The Bertz CT molecular complexity index is 295. The lowest BCUT2D eigenvalue weighted by atomic mass is 9.86. The predicted molar refractivity (Wildman–Crippen MR) is 79.8 cm³/mol. The number of urea groups is 1. The third-order valence-corrected chi connectivity index (χ3v) is 4.69. The first-order chi connectivity index (χ1) is 9.70. The van der Waals surface area contributed by atoms with Gasteiger partial charge in [0, 0.05) is 45.9 Å². The Morgan fingerprint density at radius 2 is 1.80 bits per heavy atom. The van der Waals surface area contributed by atoms with Gasteiger partial charge in [0.15, 0.2) is 0 Å². The van der Waals surface area contributed by atoms with Gasteiger partial charge in [-0.15, -0.1) is 0 Å². The Hall–Kier alpha value is -0.810. The molecule has 5 heteroatoms. The largest absolute Gasteiger partial charge is 0.383 e. The molecule has 0 spiro atoms. The Morgan fingerprint density at radius 1 is 1.15 bits per heavy atom. The second-order valence-corrected chi connectivity index (χ2v) is 6.16. The number of nitrogens with zero attached hydrogens (tertiary/aromatic N) is 2. The van der Waals surface area contributed by atoms with E-state index in [4.69, 9.17) is 4.74 Å². The van der Waals surface area contributed by atoms with Crippen LogP contribution in [0.4, 0.5) is 4.79 Å². The molecule has 2 rings (SSSR count). The van der Waals surface area contributed by atoms with Crippen LogP contribution in [0, 0.1) is 5.92 Å². The molecule has 0 aromatic carbocycles. The van der Waals surface area contributed by atoms with Gasteiger partial charge in [-0.3, -0.25) is 4.90 Å². The van der Waals surface area contributed by atoms with E-state index < -0.39 is 0 Å². The van der Waals surface area contributed by atoms with E-state index in [0.717, 1.165) is 38.1 Å². The number of carbonyl (C=O) groups excluding carboxylic acids is 1. The van der Waals surface area contributed by atoms with Crippen LogP contribution in [0.3, 0.4) is 0 Å².